The molecule has 168 valence electrons. The summed E-state index contributed by atoms with van der Waals surface area (Å²) in [7, 11) is 0. The van der Waals surface area contributed by atoms with Crippen LogP contribution in [-0.2, 0) is 14.3 Å². The number of rotatable bonds is 1. The van der Waals surface area contributed by atoms with Crippen LogP contribution in [0.15, 0.2) is 24.3 Å². The highest BCUT2D eigenvalue weighted by atomic mass is 16.5. The van der Waals surface area contributed by atoms with Crippen molar-refractivity contribution in [3.05, 3.63) is 29.8 Å². The second-order valence-electron chi connectivity index (χ2n) is 8.28. The molecule has 0 spiro atoms. The molecule has 4 rings (SSSR count). The molecule has 0 saturated carbocycles. The van der Waals surface area contributed by atoms with E-state index in [0.29, 0.717) is 44.0 Å². The first-order valence-corrected chi connectivity index (χ1v) is 11.0. The number of nitrogens with one attached hydrogen (secondary N) is 3. The van der Waals surface area contributed by atoms with Gasteiger partial charge in [-0.2, -0.15) is 0 Å². The van der Waals surface area contributed by atoms with Gasteiger partial charge in [-0.3, -0.25) is 14.4 Å². The Hall–Kier alpha value is -2.65. The molecule has 1 aromatic rings. The minimum absolute atomic E-state index is 0.0365. The molecule has 0 unspecified atom stereocenters. The molecule has 3 amide bonds. The van der Waals surface area contributed by atoms with Gasteiger partial charge in [-0.25, -0.2) is 0 Å². The molecule has 0 radical (unpaired) electrons. The number of carbonyl (C=O) groups excluding carboxylic acids is 3. The Bertz CT molecular complexity index is 832. The third-order valence-corrected chi connectivity index (χ3v) is 6.10. The topological polar surface area (TPSA) is 109 Å². The maximum Gasteiger partial charge on any atom is 0.258 e. The summed E-state index contributed by atoms with van der Waals surface area (Å²) in [5, 5.41) is 9.10. The summed E-state index contributed by atoms with van der Waals surface area (Å²) in [5.41, 5.74) is 0.465. The van der Waals surface area contributed by atoms with Crippen LogP contribution in [0.2, 0.25) is 0 Å². The lowest BCUT2D eigenvalue weighted by Crippen LogP contribution is -2.61. The van der Waals surface area contributed by atoms with Crippen molar-refractivity contribution >= 4 is 17.7 Å². The number of ether oxygens (including phenoxy) is 2. The number of hydrogen-bond donors (Lipinski definition) is 3. The first-order chi connectivity index (χ1) is 15.0. The summed E-state index contributed by atoms with van der Waals surface area (Å²) in [4.78, 5) is 39.6. The maximum atomic E-state index is 13.3. The molecule has 0 aromatic heterocycles. The minimum Gasteiger partial charge on any atom is -0.493 e. The third kappa shape index (κ3) is 4.99. The van der Waals surface area contributed by atoms with E-state index in [-0.39, 0.29) is 42.5 Å². The van der Waals surface area contributed by atoms with E-state index in [1.165, 1.54) is 6.92 Å². The second-order valence-corrected chi connectivity index (χ2v) is 8.28. The molecule has 3 N–H and O–H groups in total. The van der Waals surface area contributed by atoms with Gasteiger partial charge in [-0.05, 0) is 25.0 Å². The standard InChI is InChI=1S/C22H30N4O5/c1-14(27)25-17-7-6-15-8-11-30-19-5-3-2-4-16(19)22(29)26-10-9-23-12-18(26)21(28)24-13-20(17)31-15/h2-5,15,17-18,20,23H,6-13H2,1H3,(H,24,28)(H,25,27)/t15-,17+,18-,20+/m0/s1. The van der Waals surface area contributed by atoms with Gasteiger partial charge in [-0.15, -0.1) is 0 Å². The van der Waals surface area contributed by atoms with Gasteiger partial charge in [0.15, 0.2) is 0 Å². The molecule has 2 fully saturated rings. The lowest BCUT2D eigenvalue weighted by Gasteiger charge is -2.39. The summed E-state index contributed by atoms with van der Waals surface area (Å²) >= 11 is 0. The van der Waals surface area contributed by atoms with Crippen LogP contribution in [-0.4, -0.2) is 79.7 Å². The van der Waals surface area contributed by atoms with Gasteiger partial charge < -0.3 is 30.3 Å². The van der Waals surface area contributed by atoms with Crippen LogP contribution in [0.5, 0.6) is 5.75 Å². The average molecular weight is 431 g/mol. The predicted octanol–water partition coefficient (Wildman–Crippen LogP) is 0.0516. The van der Waals surface area contributed by atoms with Crippen LogP contribution in [0.25, 0.3) is 0 Å². The molecule has 9 nitrogen and oxygen atoms in total. The maximum absolute atomic E-state index is 13.3. The summed E-state index contributed by atoms with van der Waals surface area (Å²) in [5.74, 6) is -0.0399. The normalized spacial score (nSPS) is 29.5. The van der Waals surface area contributed by atoms with Gasteiger partial charge in [-0.1, -0.05) is 12.1 Å². The number of piperazine rings is 1. The van der Waals surface area contributed by atoms with E-state index in [4.69, 9.17) is 9.47 Å². The minimum atomic E-state index is -0.629. The van der Waals surface area contributed by atoms with Crippen LogP contribution in [0.1, 0.15) is 36.5 Å². The van der Waals surface area contributed by atoms with Crippen LogP contribution < -0.4 is 20.7 Å². The lowest BCUT2D eigenvalue weighted by molar-refractivity contribution is -0.129. The van der Waals surface area contributed by atoms with E-state index in [9.17, 15) is 14.4 Å². The summed E-state index contributed by atoms with van der Waals surface area (Å²) in [6, 6.07) is 6.38. The highest BCUT2D eigenvalue weighted by molar-refractivity contribution is 6.00. The SMILES string of the molecule is CC(=O)N[C@@H]1CC[C@H]2CCOc3ccccc3C(=O)N3CCNC[C@H]3C(=O)NC[C@H]1O2. The Balaban J connectivity index is 1.60. The number of para-hydroxylation sites is 1. The third-order valence-electron chi connectivity index (χ3n) is 6.10. The van der Waals surface area contributed by atoms with Crippen molar-refractivity contribution in [1.82, 2.24) is 20.9 Å². The highest BCUT2D eigenvalue weighted by Gasteiger charge is 2.36. The Morgan fingerprint density at radius 3 is 2.84 bits per heavy atom. The molecule has 2 saturated heterocycles. The molecule has 2 bridgehead atoms. The van der Waals surface area contributed by atoms with Crippen LogP contribution in [0.4, 0.5) is 0 Å². The Morgan fingerprint density at radius 2 is 2.00 bits per heavy atom. The molecule has 3 aliphatic rings. The second kappa shape index (κ2) is 9.65. The monoisotopic (exact) mass is 430 g/mol. The number of benzene rings is 1. The molecular weight excluding hydrogens is 400 g/mol. The van der Waals surface area contributed by atoms with Gasteiger partial charge in [0.2, 0.25) is 11.8 Å². The number of fused-ring (bicyclic) bond motifs is 4. The van der Waals surface area contributed by atoms with Gasteiger partial charge in [0, 0.05) is 39.5 Å². The van der Waals surface area contributed by atoms with E-state index in [0.717, 1.165) is 12.8 Å². The zero-order valence-electron chi connectivity index (χ0n) is 17.8. The van der Waals surface area contributed by atoms with Crippen LogP contribution >= 0.6 is 0 Å². The Labute approximate surface area is 181 Å². The van der Waals surface area contributed by atoms with Crippen molar-refractivity contribution in [2.24, 2.45) is 0 Å². The van der Waals surface area contributed by atoms with E-state index in [1.807, 2.05) is 6.07 Å². The van der Waals surface area contributed by atoms with Gasteiger partial charge in [0.05, 0.1) is 30.4 Å². The summed E-state index contributed by atoms with van der Waals surface area (Å²) < 4.78 is 12.2. The Morgan fingerprint density at radius 1 is 1.16 bits per heavy atom. The van der Waals surface area contributed by atoms with Crippen molar-refractivity contribution in [2.45, 2.75) is 50.5 Å². The average Bonchev–Trinajstić information content (AvgIpc) is 2.78. The number of amides is 3. The first kappa shape index (κ1) is 21.6. The van der Waals surface area contributed by atoms with E-state index in [2.05, 4.69) is 16.0 Å². The molecule has 4 atom stereocenters. The number of hydrogen-bond acceptors (Lipinski definition) is 6. The van der Waals surface area contributed by atoms with Crippen molar-refractivity contribution in [2.75, 3.05) is 32.8 Å². The van der Waals surface area contributed by atoms with Crippen LogP contribution in [0.3, 0.4) is 0 Å². The fourth-order valence-corrected chi connectivity index (χ4v) is 4.52. The molecule has 9 heteroatoms. The molecule has 1 aromatic carbocycles. The van der Waals surface area contributed by atoms with Gasteiger partial charge >= 0.3 is 0 Å². The zero-order chi connectivity index (χ0) is 21.8. The van der Waals surface area contributed by atoms with Crippen molar-refractivity contribution in [3.8, 4) is 5.75 Å². The molecular formula is C22H30N4O5. The molecule has 3 heterocycles. The summed E-state index contributed by atoms with van der Waals surface area (Å²) in [6.07, 6.45) is 1.86. The lowest BCUT2D eigenvalue weighted by atomic mass is 9.96. The zero-order valence-corrected chi connectivity index (χ0v) is 17.8. The largest absolute Gasteiger partial charge is 0.493 e. The van der Waals surface area contributed by atoms with Crippen molar-refractivity contribution < 1.29 is 23.9 Å². The van der Waals surface area contributed by atoms with Crippen molar-refractivity contribution in [1.29, 1.82) is 0 Å². The summed E-state index contributed by atoms with van der Waals surface area (Å²) in [6.45, 7) is 3.61. The van der Waals surface area contributed by atoms with Crippen LogP contribution in [0, 0.1) is 0 Å². The molecule has 0 aliphatic carbocycles. The number of carbonyl (C=O) groups is 3. The first-order valence-electron chi connectivity index (χ1n) is 11.0. The molecule has 3 aliphatic heterocycles. The quantitative estimate of drug-likeness (QED) is 0.581. The predicted molar refractivity (Wildman–Crippen MR) is 113 cm³/mol. The van der Waals surface area contributed by atoms with Gasteiger partial charge in [0.25, 0.3) is 5.91 Å². The van der Waals surface area contributed by atoms with Crippen molar-refractivity contribution in [3.63, 3.8) is 0 Å². The Kier molecular flexibility index (Phi) is 6.72. The van der Waals surface area contributed by atoms with E-state index >= 15 is 0 Å². The van der Waals surface area contributed by atoms with Gasteiger partial charge in [0.1, 0.15) is 11.8 Å². The van der Waals surface area contributed by atoms with E-state index < -0.39 is 6.04 Å². The fourth-order valence-electron chi connectivity index (χ4n) is 4.52. The smallest absolute Gasteiger partial charge is 0.258 e. The van der Waals surface area contributed by atoms with E-state index in [1.54, 1.807) is 23.1 Å². The number of nitrogens with zero attached hydrogens (tertiary/aromatic N) is 1. The molecule has 31 heavy (non-hydrogen) atoms. The highest BCUT2D eigenvalue weighted by Crippen LogP contribution is 2.25. The fraction of sp³-hybridized carbons (Fsp3) is 0.591.